The Morgan fingerprint density at radius 1 is 1.19 bits per heavy atom. The minimum Gasteiger partial charge on any atom is -0.389 e. The molecular formula is C12H12N2O2. The summed E-state index contributed by atoms with van der Waals surface area (Å²) < 4.78 is 0. The van der Waals surface area contributed by atoms with Crippen molar-refractivity contribution >= 4 is 5.78 Å². The van der Waals surface area contributed by atoms with E-state index in [1.54, 1.807) is 6.08 Å². The second-order valence-corrected chi connectivity index (χ2v) is 3.66. The maximum absolute atomic E-state index is 10.4. The highest BCUT2D eigenvalue weighted by Gasteiger charge is 2.11. The lowest BCUT2D eigenvalue weighted by Gasteiger charge is -1.89. The van der Waals surface area contributed by atoms with E-state index in [1.165, 1.54) is 6.08 Å². The van der Waals surface area contributed by atoms with E-state index in [0.29, 0.717) is 18.4 Å². The molecule has 2 aliphatic carbocycles. The van der Waals surface area contributed by atoms with Crippen LogP contribution in [0.5, 0.6) is 0 Å². The molecule has 0 saturated carbocycles. The Morgan fingerprint density at radius 2 is 1.88 bits per heavy atom. The van der Waals surface area contributed by atoms with Gasteiger partial charge in [-0.05, 0) is 31.4 Å². The number of aliphatic hydroxyl groups excluding tert-OH is 1. The van der Waals surface area contributed by atoms with Gasteiger partial charge in [0.15, 0.2) is 5.78 Å². The summed E-state index contributed by atoms with van der Waals surface area (Å²) in [5, 5.41) is 25.3. The smallest absolute Gasteiger partial charge is 0.157 e. The first-order chi connectivity index (χ1) is 7.65. The van der Waals surface area contributed by atoms with Crippen molar-refractivity contribution in [3.63, 3.8) is 0 Å². The number of hydrogen-bond acceptors (Lipinski definition) is 4. The van der Waals surface area contributed by atoms with E-state index < -0.39 is 0 Å². The number of carbonyl (C=O) groups excluding carboxylic acids is 1. The highest BCUT2D eigenvalue weighted by Crippen LogP contribution is 2.16. The molecule has 82 valence electrons. The summed E-state index contributed by atoms with van der Waals surface area (Å²) >= 11 is 0. The third-order valence-corrected chi connectivity index (χ3v) is 2.37. The fourth-order valence-electron chi connectivity index (χ4n) is 1.48. The van der Waals surface area contributed by atoms with Crippen LogP contribution in [0.2, 0.25) is 0 Å². The van der Waals surface area contributed by atoms with Crippen LogP contribution in [0.25, 0.3) is 0 Å². The number of carbonyl (C=O) groups is 1. The molecule has 4 heteroatoms. The SMILES string of the molecule is N#CC1=CC(=O)CC1.N#CC1=C[C@@H](O)CC1. The first-order valence-electron chi connectivity index (χ1n) is 5.08. The van der Waals surface area contributed by atoms with Crippen LogP contribution in [-0.4, -0.2) is 17.0 Å². The average Bonchev–Trinajstić information content (AvgIpc) is 2.88. The van der Waals surface area contributed by atoms with Crippen molar-refractivity contribution in [3.8, 4) is 12.1 Å². The van der Waals surface area contributed by atoms with E-state index in [0.717, 1.165) is 18.4 Å². The van der Waals surface area contributed by atoms with E-state index in [9.17, 15) is 4.79 Å². The van der Waals surface area contributed by atoms with Gasteiger partial charge in [0, 0.05) is 17.6 Å². The summed E-state index contributed by atoms with van der Waals surface area (Å²) in [7, 11) is 0. The lowest BCUT2D eigenvalue weighted by molar-refractivity contribution is -0.114. The fourth-order valence-corrected chi connectivity index (χ4v) is 1.48. The predicted molar refractivity (Wildman–Crippen MR) is 56.9 cm³/mol. The van der Waals surface area contributed by atoms with Gasteiger partial charge in [-0.1, -0.05) is 0 Å². The molecule has 0 aromatic heterocycles. The van der Waals surface area contributed by atoms with E-state index in [1.807, 2.05) is 12.1 Å². The Hall–Kier alpha value is -1.91. The highest BCUT2D eigenvalue weighted by atomic mass is 16.3. The molecule has 0 unspecified atom stereocenters. The van der Waals surface area contributed by atoms with Gasteiger partial charge in [0.1, 0.15) is 0 Å². The summed E-state index contributed by atoms with van der Waals surface area (Å²) in [5.74, 6) is 0.0848. The third kappa shape index (κ3) is 3.68. The molecule has 0 aromatic rings. The molecular weight excluding hydrogens is 204 g/mol. The van der Waals surface area contributed by atoms with Gasteiger partial charge in [-0.2, -0.15) is 10.5 Å². The molecule has 2 rings (SSSR count). The first kappa shape index (κ1) is 12.2. The highest BCUT2D eigenvalue weighted by molar-refractivity contribution is 5.93. The zero-order chi connectivity index (χ0) is 12.0. The number of ketones is 1. The molecule has 0 heterocycles. The lowest BCUT2D eigenvalue weighted by atomic mass is 10.3. The van der Waals surface area contributed by atoms with Crippen molar-refractivity contribution in [2.45, 2.75) is 31.8 Å². The minimum atomic E-state index is -0.357. The molecule has 2 aliphatic rings. The molecule has 0 radical (unpaired) electrons. The van der Waals surface area contributed by atoms with Gasteiger partial charge in [-0.25, -0.2) is 0 Å². The monoisotopic (exact) mass is 216 g/mol. The third-order valence-electron chi connectivity index (χ3n) is 2.37. The van der Waals surface area contributed by atoms with Gasteiger partial charge >= 0.3 is 0 Å². The Kier molecular flexibility index (Phi) is 4.44. The maximum atomic E-state index is 10.4. The number of nitriles is 2. The van der Waals surface area contributed by atoms with Crippen LogP contribution in [0.3, 0.4) is 0 Å². The largest absolute Gasteiger partial charge is 0.389 e. The molecule has 0 spiro atoms. The summed E-state index contributed by atoms with van der Waals surface area (Å²) in [4.78, 5) is 10.4. The van der Waals surface area contributed by atoms with Gasteiger partial charge < -0.3 is 5.11 Å². The van der Waals surface area contributed by atoms with Crippen LogP contribution in [-0.2, 0) is 4.79 Å². The molecule has 1 N–H and O–H groups in total. The maximum Gasteiger partial charge on any atom is 0.157 e. The molecule has 1 atom stereocenters. The second kappa shape index (κ2) is 5.85. The molecule has 0 saturated heterocycles. The van der Waals surface area contributed by atoms with Crippen molar-refractivity contribution in [2.75, 3.05) is 0 Å². The van der Waals surface area contributed by atoms with Crippen molar-refractivity contribution in [3.05, 3.63) is 23.3 Å². The molecule has 0 aromatic carbocycles. The van der Waals surface area contributed by atoms with Crippen LogP contribution in [0.4, 0.5) is 0 Å². The Bertz CT molecular complexity index is 421. The fraction of sp³-hybridized carbons (Fsp3) is 0.417. The second-order valence-electron chi connectivity index (χ2n) is 3.66. The zero-order valence-corrected chi connectivity index (χ0v) is 8.81. The average molecular weight is 216 g/mol. The standard InChI is InChI=1S/C6H7NO.C6H5NO/c2*7-4-5-1-2-6(8)3-5/h3,6,8H,1-2H2;3H,1-2H2/t6-;/m0./s1. The molecule has 4 nitrogen and oxygen atoms in total. The Labute approximate surface area is 94.1 Å². The van der Waals surface area contributed by atoms with E-state index in [-0.39, 0.29) is 11.9 Å². The van der Waals surface area contributed by atoms with Gasteiger partial charge in [0.25, 0.3) is 0 Å². The topological polar surface area (TPSA) is 84.9 Å². The van der Waals surface area contributed by atoms with Crippen molar-refractivity contribution in [1.82, 2.24) is 0 Å². The van der Waals surface area contributed by atoms with Crippen molar-refractivity contribution < 1.29 is 9.90 Å². The van der Waals surface area contributed by atoms with Crippen LogP contribution in [0.15, 0.2) is 23.3 Å². The predicted octanol–water partition coefficient (Wildman–Crippen LogP) is 1.39. The number of rotatable bonds is 0. The number of allylic oxidation sites excluding steroid dienone is 3. The number of hydrogen-bond donors (Lipinski definition) is 1. The van der Waals surface area contributed by atoms with Crippen molar-refractivity contribution in [2.24, 2.45) is 0 Å². The minimum absolute atomic E-state index is 0.0848. The van der Waals surface area contributed by atoms with Crippen molar-refractivity contribution in [1.29, 1.82) is 10.5 Å². The van der Waals surface area contributed by atoms with Crippen LogP contribution in [0.1, 0.15) is 25.7 Å². The first-order valence-corrected chi connectivity index (χ1v) is 5.08. The van der Waals surface area contributed by atoms with E-state index in [2.05, 4.69) is 0 Å². The van der Waals surface area contributed by atoms with Gasteiger partial charge in [0.05, 0.1) is 18.2 Å². The van der Waals surface area contributed by atoms with Crippen LogP contribution >= 0.6 is 0 Å². The summed E-state index contributed by atoms with van der Waals surface area (Å²) in [5.41, 5.74) is 1.34. The normalized spacial score (nSPS) is 22.4. The molecule has 0 fully saturated rings. The number of aliphatic hydroxyl groups is 1. The zero-order valence-electron chi connectivity index (χ0n) is 8.81. The quantitative estimate of drug-likeness (QED) is 0.663. The van der Waals surface area contributed by atoms with Crippen LogP contribution < -0.4 is 0 Å². The van der Waals surface area contributed by atoms with E-state index >= 15 is 0 Å². The van der Waals surface area contributed by atoms with Gasteiger partial charge in [0.2, 0.25) is 0 Å². The van der Waals surface area contributed by atoms with Crippen LogP contribution in [0, 0.1) is 22.7 Å². The summed E-state index contributed by atoms with van der Waals surface area (Å²) in [6.45, 7) is 0. The van der Waals surface area contributed by atoms with E-state index in [4.69, 9.17) is 15.6 Å². The molecule has 0 amide bonds. The van der Waals surface area contributed by atoms with Gasteiger partial charge in [-0.3, -0.25) is 4.79 Å². The molecule has 0 aliphatic heterocycles. The number of nitrogens with zero attached hydrogens (tertiary/aromatic N) is 2. The summed E-state index contributed by atoms with van der Waals surface area (Å²) in [6.07, 6.45) is 5.32. The Balaban J connectivity index is 0.000000160. The Morgan fingerprint density at radius 3 is 2.12 bits per heavy atom. The molecule has 16 heavy (non-hydrogen) atoms. The lowest BCUT2D eigenvalue weighted by Crippen LogP contribution is -1.93. The molecule has 0 bridgehead atoms. The summed E-state index contributed by atoms with van der Waals surface area (Å²) in [6, 6.07) is 3.93. The van der Waals surface area contributed by atoms with Gasteiger partial charge in [-0.15, -0.1) is 0 Å².